The molecule has 0 saturated heterocycles. The van der Waals surface area contributed by atoms with Crippen LogP contribution >= 0.6 is 0 Å². The van der Waals surface area contributed by atoms with E-state index in [0.717, 1.165) is 0 Å². The third kappa shape index (κ3) is 2.55. The molecule has 2 aromatic rings. The van der Waals surface area contributed by atoms with E-state index in [-0.39, 0.29) is 5.78 Å². The molecular formula is C18H19NO5. The van der Waals surface area contributed by atoms with Crippen LogP contribution in [0.5, 0.6) is 17.2 Å². The summed E-state index contributed by atoms with van der Waals surface area (Å²) >= 11 is 0. The highest BCUT2D eigenvalue weighted by Gasteiger charge is 2.35. The molecule has 0 fully saturated rings. The van der Waals surface area contributed by atoms with Crippen molar-refractivity contribution in [1.82, 2.24) is 0 Å². The highest BCUT2D eigenvalue weighted by atomic mass is 16.5. The Labute approximate surface area is 140 Å². The number of fused-ring (bicyclic) bond motifs is 1. The van der Waals surface area contributed by atoms with Crippen molar-refractivity contribution in [2.45, 2.75) is 12.1 Å². The van der Waals surface area contributed by atoms with Crippen molar-refractivity contribution in [2.24, 2.45) is 0 Å². The minimum absolute atomic E-state index is 0.317. The van der Waals surface area contributed by atoms with E-state index in [4.69, 9.17) is 14.2 Å². The van der Waals surface area contributed by atoms with Crippen molar-refractivity contribution in [1.29, 1.82) is 0 Å². The molecule has 3 rings (SSSR count). The second-order valence-electron chi connectivity index (χ2n) is 5.44. The Bertz CT molecular complexity index is 749. The molecule has 126 valence electrons. The monoisotopic (exact) mass is 329 g/mol. The van der Waals surface area contributed by atoms with Gasteiger partial charge in [-0.15, -0.1) is 0 Å². The lowest BCUT2D eigenvalue weighted by atomic mass is 9.89. The largest absolute Gasteiger partial charge is 0.493 e. The Morgan fingerprint density at radius 2 is 1.62 bits per heavy atom. The first kappa shape index (κ1) is 16.1. The van der Waals surface area contributed by atoms with E-state index >= 15 is 0 Å². The number of anilines is 1. The molecule has 6 heteroatoms. The van der Waals surface area contributed by atoms with Crippen LogP contribution in [0.4, 0.5) is 5.69 Å². The number of aliphatic hydroxyl groups is 1. The maximum absolute atomic E-state index is 12.5. The van der Waals surface area contributed by atoms with Gasteiger partial charge in [-0.3, -0.25) is 4.79 Å². The molecule has 0 saturated carbocycles. The van der Waals surface area contributed by atoms with Gasteiger partial charge in [0.25, 0.3) is 0 Å². The van der Waals surface area contributed by atoms with Crippen LogP contribution in [0.3, 0.4) is 0 Å². The molecule has 2 atom stereocenters. The van der Waals surface area contributed by atoms with Crippen LogP contribution in [-0.4, -0.2) is 38.3 Å². The first-order valence-corrected chi connectivity index (χ1v) is 7.48. The van der Waals surface area contributed by atoms with Gasteiger partial charge in [-0.05, 0) is 29.8 Å². The van der Waals surface area contributed by atoms with Crippen LogP contribution in [0.1, 0.15) is 22.0 Å². The van der Waals surface area contributed by atoms with Crippen LogP contribution in [0.2, 0.25) is 0 Å². The molecule has 0 aromatic heterocycles. The van der Waals surface area contributed by atoms with Crippen molar-refractivity contribution in [2.75, 3.05) is 26.6 Å². The van der Waals surface area contributed by atoms with Gasteiger partial charge in [0, 0.05) is 11.3 Å². The number of benzene rings is 2. The van der Waals surface area contributed by atoms with Crippen molar-refractivity contribution in [3.8, 4) is 17.2 Å². The standard InChI is InChI=1S/C18H19NO5/c1-22-13-8-10(9-14(23-2)18(13)24-3)15-17(21)16(20)11-6-4-5-7-12(11)19-15/h4-9,15,17,19,21H,1-3H3/t15-,17+/m0/s1. The first-order valence-electron chi connectivity index (χ1n) is 7.48. The lowest BCUT2D eigenvalue weighted by Gasteiger charge is -2.31. The fourth-order valence-electron chi connectivity index (χ4n) is 2.93. The van der Waals surface area contributed by atoms with Crippen LogP contribution in [-0.2, 0) is 0 Å². The van der Waals surface area contributed by atoms with Crippen molar-refractivity contribution < 1.29 is 24.1 Å². The van der Waals surface area contributed by atoms with E-state index in [1.807, 2.05) is 12.1 Å². The number of rotatable bonds is 4. The van der Waals surface area contributed by atoms with E-state index in [1.165, 1.54) is 21.3 Å². The fourth-order valence-corrected chi connectivity index (χ4v) is 2.93. The maximum atomic E-state index is 12.5. The Kier molecular flexibility index (Phi) is 4.31. The SMILES string of the molecule is COc1cc([C@@H]2Nc3ccccc3C(=O)[C@@H]2O)cc(OC)c1OC. The first-order chi connectivity index (χ1) is 11.6. The lowest BCUT2D eigenvalue weighted by Crippen LogP contribution is -2.37. The number of carbonyl (C=O) groups excluding carboxylic acids is 1. The smallest absolute Gasteiger partial charge is 0.203 e. The number of aliphatic hydroxyl groups excluding tert-OH is 1. The predicted molar refractivity (Wildman–Crippen MR) is 89.2 cm³/mol. The molecular weight excluding hydrogens is 310 g/mol. The number of Topliss-reactive ketones (excluding diaryl/α,β-unsaturated/α-hetero) is 1. The van der Waals surface area contributed by atoms with E-state index in [9.17, 15) is 9.90 Å². The molecule has 1 heterocycles. The minimum atomic E-state index is -1.21. The number of carbonyl (C=O) groups is 1. The third-order valence-corrected chi connectivity index (χ3v) is 4.13. The zero-order valence-corrected chi connectivity index (χ0v) is 13.7. The summed E-state index contributed by atoms with van der Waals surface area (Å²) in [7, 11) is 4.56. The maximum Gasteiger partial charge on any atom is 0.203 e. The van der Waals surface area contributed by atoms with Crippen LogP contribution in [0.15, 0.2) is 36.4 Å². The summed E-state index contributed by atoms with van der Waals surface area (Å²) in [6, 6.07) is 9.95. The number of hydrogen-bond donors (Lipinski definition) is 2. The summed E-state index contributed by atoms with van der Waals surface area (Å²) < 4.78 is 16.0. The topological polar surface area (TPSA) is 77.0 Å². The molecule has 0 radical (unpaired) electrons. The second-order valence-corrected chi connectivity index (χ2v) is 5.44. The van der Waals surface area contributed by atoms with Gasteiger partial charge < -0.3 is 24.6 Å². The third-order valence-electron chi connectivity index (χ3n) is 4.13. The zero-order chi connectivity index (χ0) is 17.3. The van der Waals surface area contributed by atoms with Gasteiger partial charge in [0.2, 0.25) is 5.75 Å². The van der Waals surface area contributed by atoms with Crippen LogP contribution < -0.4 is 19.5 Å². The second kappa shape index (κ2) is 6.41. The molecule has 2 aromatic carbocycles. The number of ether oxygens (including phenoxy) is 3. The Morgan fingerprint density at radius 3 is 2.21 bits per heavy atom. The summed E-state index contributed by atoms with van der Waals surface area (Å²) in [5.74, 6) is 1.07. The van der Waals surface area contributed by atoms with Crippen LogP contribution in [0, 0.1) is 0 Å². The Balaban J connectivity index is 2.08. The Hall–Kier alpha value is -2.73. The van der Waals surface area contributed by atoms with E-state index < -0.39 is 12.1 Å². The van der Waals surface area contributed by atoms with Gasteiger partial charge >= 0.3 is 0 Å². The van der Waals surface area contributed by atoms with Gasteiger partial charge in [0.1, 0.15) is 6.10 Å². The van der Waals surface area contributed by atoms with Crippen LogP contribution in [0.25, 0.3) is 0 Å². The molecule has 1 aliphatic rings. The Morgan fingerprint density at radius 1 is 1.00 bits per heavy atom. The van der Waals surface area contributed by atoms with E-state index in [2.05, 4.69) is 5.32 Å². The highest BCUT2D eigenvalue weighted by Crippen LogP contribution is 2.42. The van der Waals surface area contributed by atoms with E-state index in [0.29, 0.717) is 34.1 Å². The predicted octanol–water partition coefficient (Wildman–Crippen LogP) is 2.42. The molecule has 6 nitrogen and oxygen atoms in total. The van der Waals surface area contributed by atoms with Crippen molar-refractivity contribution >= 4 is 11.5 Å². The quantitative estimate of drug-likeness (QED) is 0.897. The zero-order valence-electron chi connectivity index (χ0n) is 13.7. The summed E-state index contributed by atoms with van der Waals surface area (Å²) in [5.41, 5.74) is 1.83. The molecule has 24 heavy (non-hydrogen) atoms. The van der Waals surface area contributed by atoms with Gasteiger partial charge in [0.15, 0.2) is 17.3 Å². The van der Waals surface area contributed by atoms with Gasteiger partial charge in [-0.2, -0.15) is 0 Å². The average Bonchev–Trinajstić information content (AvgIpc) is 2.63. The lowest BCUT2D eigenvalue weighted by molar-refractivity contribution is 0.0694. The van der Waals surface area contributed by atoms with Gasteiger partial charge in [-0.25, -0.2) is 0 Å². The minimum Gasteiger partial charge on any atom is -0.493 e. The summed E-state index contributed by atoms with van der Waals surface area (Å²) in [6.07, 6.45) is -1.21. The molecule has 2 N–H and O–H groups in total. The highest BCUT2D eigenvalue weighted by molar-refractivity contribution is 6.06. The number of methoxy groups -OCH3 is 3. The molecule has 0 unspecified atom stereocenters. The number of nitrogens with one attached hydrogen (secondary N) is 1. The van der Waals surface area contributed by atoms with E-state index in [1.54, 1.807) is 24.3 Å². The molecule has 0 aliphatic carbocycles. The number of para-hydroxylation sites is 1. The summed E-state index contributed by atoms with van der Waals surface area (Å²) in [6.45, 7) is 0. The number of hydrogen-bond acceptors (Lipinski definition) is 6. The van der Waals surface area contributed by atoms with Gasteiger partial charge in [0.05, 0.1) is 27.4 Å². The molecule has 1 aliphatic heterocycles. The number of ketones is 1. The normalized spacial score (nSPS) is 19.2. The van der Waals surface area contributed by atoms with Gasteiger partial charge in [-0.1, -0.05) is 12.1 Å². The fraction of sp³-hybridized carbons (Fsp3) is 0.278. The average molecular weight is 329 g/mol. The molecule has 0 amide bonds. The summed E-state index contributed by atoms with van der Waals surface area (Å²) in [4.78, 5) is 12.5. The van der Waals surface area contributed by atoms with Crippen molar-refractivity contribution in [3.05, 3.63) is 47.5 Å². The molecule has 0 spiro atoms. The molecule has 0 bridgehead atoms. The van der Waals surface area contributed by atoms with Crippen molar-refractivity contribution in [3.63, 3.8) is 0 Å². The summed E-state index contributed by atoms with van der Waals surface area (Å²) in [5, 5.41) is 13.7.